The summed E-state index contributed by atoms with van der Waals surface area (Å²) in [5.41, 5.74) is 0.685. The third-order valence-electron chi connectivity index (χ3n) is 3.84. The third kappa shape index (κ3) is 5.38. The average Bonchev–Trinajstić information content (AvgIpc) is 2.53. The summed E-state index contributed by atoms with van der Waals surface area (Å²) in [6.45, 7) is 5.10. The first-order chi connectivity index (χ1) is 10.3. The van der Waals surface area contributed by atoms with Crippen molar-refractivity contribution in [2.24, 2.45) is 5.92 Å². The number of rotatable bonds is 7. The van der Waals surface area contributed by atoms with Gasteiger partial charge in [0, 0.05) is 25.3 Å². The van der Waals surface area contributed by atoms with Crippen molar-refractivity contribution in [3.63, 3.8) is 0 Å². The molecule has 1 amide bonds. The lowest BCUT2D eigenvalue weighted by Crippen LogP contribution is -2.25. The number of benzene rings is 1. The zero-order valence-corrected chi connectivity index (χ0v) is 12.8. The Bertz CT molecular complexity index is 424. The van der Waals surface area contributed by atoms with Crippen LogP contribution in [0.3, 0.4) is 0 Å². The summed E-state index contributed by atoms with van der Waals surface area (Å²) in [5.74, 6) is 1.56. The lowest BCUT2D eigenvalue weighted by Gasteiger charge is -2.21. The van der Waals surface area contributed by atoms with Gasteiger partial charge >= 0.3 is 0 Å². The summed E-state index contributed by atoms with van der Waals surface area (Å²) in [6.07, 6.45) is 4.53. The van der Waals surface area contributed by atoms with E-state index < -0.39 is 0 Å². The Morgan fingerprint density at radius 2 is 2.00 bits per heavy atom. The number of hydrogen-bond donors (Lipinski definition) is 1. The standard InChI is InChI=1S/C17H25NO3/c1-2-21-16-7-5-15(6-8-16)17(19)18-11-3-4-14-9-12-20-13-10-14/h5-8,14H,2-4,9-13H2,1H3,(H,18,19). The molecule has 0 bridgehead atoms. The van der Waals surface area contributed by atoms with Crippen LogP contribution in [0.1, 0.15) is 43.0 Å². The third-order valence-corrected chi connectivity index (χ3v) is 3.84. The quantitative estimate of drug-likeness (QED) is 0.786. The number of amides is 1. The van der Waals surface area contributed by atoms with Crippen LogP contribution in [0, 0.1) is 5.92 Å². The van der Waals surface area contributed by atoms with E-state index in [2.05, 4.69) is 5.32 Å². The van der Waals surface area contributed by atoms with E-state index in [-0.39, 0.29) is 5.91 Å². The summed E-state index contributed by atoms with van der Waals surface area (Å²) in [6, 6.07) is 7.28. The molecule has 1 aromatic rings. The van der Waals surface area contributed by atoms with Gasteiger partial charge in [-0.25, -0.2) is 0 Å². The second kappa shape index (κ2) is 8.67. The Hall–Kier alpha value is -1.55. The van der Waals surface area contributed by atoms with Gasteiger partial charge in [-0.2, -0.15) is 0 Å². The zero-order valence-electron chi connectivity index (χ0n) is 12.8. The van der Waals surface area contributed by atoms with Gasteiger partial charge in [0.05, 0.1) is 6.61 Å². The SMILES string of the molecule is CCOc1ccc(C(=O)NCCCC2CCOCC2)cc1. The summed E-state index contributed by atoms with van der Waals surface area (Å²) in [5, 5.41) is 2.98. The van der Waals surface area contributed by atoms with E-state index in [4.69, 9.17) is 9.47 Å². The number of carbonyl (C=O) groups excluding carboxylic acids is 1. The van der Waals surface area contributed by atoms with Crippen molar-refractivity contribution in [1.82, 2.24) is 5.32 Å². The van der Waals surface area contributed by atoms with Gasteiger partial charge in [0.2, 0.25) is 0 Å². The van der Waals surface area contributed by atoms with Crippen molar-refractivity contribution in [2.45, 2.75) is 32.6 Å². The second-order valence-corrected chi connectivity index (χ2v) is 5.41. The van der Waals surface area contributed by atoms with Crippen molar-refractivity contribution < 1.29 is 14.3 Å². The molecule has 2 rings (SSSR count). The van der Waals surface area contributed by atoms with Gasteiger partial charge in [-0.15, -0.1) is 0 Å². The molecule has 0 aromatic heterocycles. The molecule has 1 saturated heterocycles. The van der Waals surface area contributed by atoms with E-state index in [0.29, 0.717) is 12.2 Å². The van der Waals surface area contributed by atoms with Crippen molar-refractivity contribution in [3.8, 4) is 5.75 Å². The molecule has 116 valence electrons. The first kappa shape index (κ1) is 15.8. The van der Waals surface area contributed by atoms with Gasteiger partial charge in [-0.3, -0.25) is 4.79 Å². The molecular weight excluding hydrogens is 266 g/mol. The lowest BCUT2D eigenvalue weighted by molar-refractivity contribution is 0.0631. The van der Waals surface area contributed by atoms with E-state index in [1.165, 1.54) is 6.42 Å². The summed E-state index contributed by atoms with van der Waals surface area (Å²) in [7, 11) is 0. The fourth-order valence-electron chi connectivity index (χ4n) is 2.60. The highest BCUT2D eigenvalue weighted by molar-refractivity contribution is 5.94. The van der Waals surface area contributed by atoms with Gasteiger partial charge in [0.15, 0.2) is 0 Å². The highest BCUT2D eigenvalue weighted by Crippen LogP contribution is 2.19. The molecular formula is C17H25NO3. The van der Waals surface area contributed by atoms with Gasteiger partial charge in [0.1, 0.15) is 5.75 Å². The van der Waals surface area contributed by atoms with Crippen LogP contribution >= 0.6 is 0 Å². The molecule has 21 heavy (non-hydrogen) atoms. The van der Waals surface area contributed by atoms with Crippen molar-refractivity contribution in [3.05, 3.63) is 29.8 Å². The Morgan fingerprint density at radius 3 is 2.67 bits per heavy atom. The molecule has 4 heteroatoms. The van der Waals surface area contributed by atoms with Crippen LogP contribution in [-0.4, -0.2) is 32.3 Å². The molecule has 0 saturated carbocycles. The van der Waals surface area contributed by atoms with Crippen LogP contribution in [0.2, 0.25) is 0 Å². The first-order valence-electron chi connectivity index (χ1n) is 7.88. The fourth-order valence-corrected chi connectivity index (χ4v) is 2.60. The van der Waals surface area contributed by atoms with E-state index >= 15 is 0 Å². The van der Waals surface area contributed by atoms with Crippen LogP contribution in [0.4, 0.5) is 0 Å². The lowest BCUT2D eigenvalue weighted by atomic mass is 9.95. The van der Waals surface area contributed by atoms with Crippen LogP contribution in [-0.2, 0) is 4.74 Å². The second-order valence-electron chi connectivity index (χ2n) is 5.41. The van der Waals surface area contributed by atoms with Crippen LogP contribution in [0.15, 0.2) is 24.3 Å². The van der Waals surface area contributed by atoms with Crippen molar-refractivity contribution in [1.29, 1.82) is 0 Å². The fraction of sp³-hybridized carbons (Fsp3) is 0.588. The Kier molecular flexibility index (Phi) is 6.54. The van der Waals surface area contributed by atoms with E-state index in [1.807, 2.05) is 19.1 Å². The van der Waals surface area contributed by atoms with E-state index in [1.54, 1.807) is 12.1 Å². The summed E-state index contributed by atoms with van der Waals surface area (Å²) < 4.78 is 10.7. The highest BCUT2D eigenvalue weighted by Gasteiger charge is 2.13. The molecule has 1 aliphatic heterocycles. The van der Waals surface area contributed by atoms with Gasteiger partial charge in [-0.05, 0) is 62.8 Å². The molecule has 1 fully saturated rings. The Balaban J connectivity index is 1.66. The predicted octanol–water partition coefficient (Wildman–Crippen LogP) is 3.02. The smallest absolute Gasteiger partial charge is 0.251 e. The molecule has 1 aliphatic rings. The van der Waals surface area contributed by atoms with E-state index in [0.717, 1.165) is 50.7 Å². The van der Waals surface area contributed by atoms with Gasteiger partial charge in [0.25, 0.3) is 5.91 Å². The molecule has 0 atom stereocenters. The Labute approximate surface area is 126 Å². The predicted molar refractivity (Wildman–Crippen MR) is 82.7 cm³/mol. The van der Waals surface area contributed by atoms with Gasteiger partial charge < -0.3 is 14.8 Å². The normalized spacial score (nSPS) is 15.7. The molecule has 0 radical (unpaired) electrons. The molecule has 0 aliphatic carbocycles. The minimum atomic E-state index is -0.00924. The summed E-state index contributed by atoms with van der Waals surface area (Å²) >= 11 is 0. The maximum absolute atomic E-state index is 12.0. The monoisotopic (exact) mass is 291 g/mol. The number of hydrogen-bond acceptors (Lipinski definition) is 3. The van der Waals surface area contributed by atoms with Crippen molar-refractivity contribution in [2.75, 3.05) is 26.4 Å². The summed E-state index contributed by atoms with van der Waals surface area (Å²) in [4.78, 5) is 12.0. The highest BCUT2D eigenvalue weighted by atomic mass is 16.5. The Morgan fingerprint density at radius 1 is 1.29 bits per heavy atom. The molecule has 4 nitrogen and oxygen atoms in total. The minimum absolute atomic E-state index is 0.00924. The number of carbonyl (C=O) groups is 1. The van der Waals surface area contributed by atoms with Crippen LogP contribution in [0.25, 0.3) is 0 Å². The molecule has 1 aromatic carbocycles. The minimum Gasteiger partial charge on any atom is -0.494 e. The van der Waals surface area contributed by atoms with Crippen LogP contribution in [0.5, 0.6) is 5.75 Å². The maximum Gasteiger partial charge on any atom is 0.251 e. The maximum atomic E-state index is 12.0. The van der Waals surface area contributed by atoms with Crippen LogP contribution < -0.4 is 10.1 Å². The first-order valence-corrected chi connectivity index (χ1v) is 7.88. The zero-order chi connectivity index (χ0) is 14.9. The molecule has 1 heterocycles. The molecule has 1 N–H and O–H groups in total. The number of nitrogens with one attached hydrogen (secondary N) is 1. The molecule has 0 spiro atoms. The van der Waals surface area contributed by atoms with E-state index in [9.17, 15) is 4.79 Å². The average molecular weight is 291 g/mol. The number of ether oxygens (including phenoxy) is 2. The van der Waals surface area contributed by atoms with Gasteiger partial charge in [-0.1, -0.05) is 0 Å². The van der Waals surface area contributed by atoms with Crippen molar-refractivity contribution >= 4 is 5.91 Å². The molecule has 0 unspecified atom stereocenters. The topological polar surface area (TPSA) is 47.6 Å². The largest absolute Gasteiger partial charge is 0.494 e.